The molecule has 2 heteroatoms. The Labute approximate surface area is 118 Å². The van der Waals surface area contributed by atoms with Gasteiger partial charge in [0, 0.05) is 23.0 Å². The molecule has 0 amide bonds. The average Bonchev–Trinajstić information content (AvgIpc) is 3.30. The highest BCUT2D eigenvalue weighted by Gasteiger charge is 2.23. The molecule has 1 atom stereocenters. The van der Waals surface area contributed by atoms with Crippen molar-refractivity contribution in [3.8, 4) is 11.1 Å². The Balaban J connectivity index is 1.69. The van der Waals surface area contributed by atoms with Crippen LogP contribution in [-0.2, 0) is 0 Å². The third-order valence-electron chi connectivity index (χ3n) is 3.41. The van der Waals surface area contributed by atoms with Crippen molar-refractivity contribution in [1.29, 1.82) is 0 Å². The first-order valence-electron chi connectivity index (χ1n) is 6.63. The second-order valence-corrected chi connectivity index (χ2v) is 6.19. The van der Waals surface area contributed by atoms with E-state index in [4.69, 9.17) is 0 Å². The van der Waals surface area contributed by atoms with E-state index < -0.39 is 0 Å². The number of carbonyl (C=O) groups is 1. The van der Waals surface area contributed by atoms with E-state index in [1.165, 1.54) is 11.3 Å². The van der Waals surface area contributed by atoms with Crippen molar-refractivity contribution in [3.05, 3.63) is 60.2 Å². The lowest BCUT2D eigenvalue weighted by Crippen LogP contribution is -2.00. The molecule has 0 aliphatic carbocycles. The van der Waals surface area contributed by atoms with Gasteiger partial charge in [0.1, 0.15) is 0 Å². The molecule has 0 aromatic heterocycles. The zero-order chi connectivity index (χ0) is 13.1. The van der Waals surface area contributed by atoms with E-state index in [9.17, 15) is 4.79 Å². The van der Waals surface area contributed by atoms with Crippen molar-refractivity contribution < 1.29 is 4.79 Å². The highest BCUT2D eigenvalue weighted by Crippen LogP contribution is 2.34. The fourth-order valence-electron chi connectivity index (χ4n) is 2.15. The van der Waals surface area contributed by atoms with Crippen LogP contribution >= 0.6 is 11.8 Å². The van der Waals surface area contributed by atoms with Crippen molar-refractivity contribution in [1.82, 2.24) is 0 Å². The Hall–Kier alpha value is -1.54. The molecule has 0 N–H and O–H groups in total. The third kappa shape index (κ3) is 3.27. The molecule has 0 radical (unpaired) electrons. The maximum atomic E-state index is 12.0. The summed E-state index contributed by atoms with van der Waals surface area (Å²) in [5.74, 6) is 1.51. The molecule has 96 valence electrons. The average molecular weight is 268 g/mol. The second-order valence-electron chi connectivity index (χ2n) is 4.86. The zero-order valence-corrected chi connectivity index (χ0v) is 11.5. The Morgan fingerprint density at radius 1 is 1.00 bits per heavy atom. The number of rotatable bonds is 5. The minimum atomic E-state index is 0.270. The van der Waals surface area contributed by atoms with Gasteiger partial charge >= 0.3 is 0 Å². The first-order valence-corrected chi connectivity index (χ1v) is 7.68. The van der Waals surface area contributed by atoms with Crippen molar-refractivity contribution >= 4 is 17.5 Å². The Kier molecular flexibility index (Phi) is 3.69. The zero-order valence-electron chi connectivity index (χ0n) is 10.7. The van der Waals surface area contributed by atoms with Gasteiger partial charge in [-0.05, 0) is 17.5 Å². The van der Waals surface area contributed by atoms with Gasteiger partial charge in [0.2, 0.25) is 0 Å². The predicted molar refractivity (Wildman–Crippen MR) is 81.7 cm³/mol. The van der Waals surface area contributed by atoms with E-state index >= 15 is 0 Å². The monoisotopic (exact) mass is 268 g/mol. The molecule has 1 aliphatic heterocycles. The Morgan fingerprint density at radius 2 is 1.63 bits per heavy atom. The van der Waals surface area contributed by atoms with E-state index in [0.717, 1.165) is 22.8 Å². The molecule has 3 rings (SSSR count). The molecule has 1 saturated heterocycles. The minimum absolute atomic E-state index is 0.270. The maximum absolute atomic E-state index is 12.0. The van der Waals surface area contributed by atoms with Gasteiger partial charge in [0.25, 0.3) is 0 Å². The first kappa shape index (κ1) is 12.5. The number of carbonyl (C=O) groups excluding carboxylic acids is 1. The van der Waals surface area contributed by atoms with Crippen LogP contribution < -0.4 is 0 Å². The molecule has 0 bridgehead atoms. The number of thioether (sulfide) groups is 1. The van der Waals surface area contributed by atoms with Gasteiger partial charge in [-0.15, -0.1) is 0 Å². The first-order chi connectivity index (χ1) is 9.33. The number of Topliss-reactive ketones (excluding diaryl/α,β-unsaturated/α-hetero) is 1. The Morgan fingerprint density at radius 3 is 2.26 bits per heavy atom. The topological polar surface area (TPSA) is 17.1 Å². The van der Waals surface area contributed by atoms with E-state index in [0.29, 0.717) is 6.42 Å². The molecule has 1 nitrogen and oxygen atoms in total. The van der Waals surface area contributed by atoms with Gasteiger partial charge in [0.15, 0.2) is 5.78 Å². The number of benzene rings is 2. The van der Waals surface area contributed by atoms with Crippen LogP contribution in [0.15, 0.2) is 54.6 Å². The van der Waals surface area contributed by atoms with Crippen LogP contribution in [0, 0.1) is 0 Å². The number of ketones is 1. The van der Waals surface area contributed by atoms with Crippen molar-refractivity contribution in [3.63, 3.8) is 0 Å². The summed E-state index contributed by atoms with van der Waals surface area (Å²) in [5, 5.41) is 0.743. The lowest BCUT2D eigenvalue weighted by molar-refractivity contribution is 0.0981. The van der Waals surface area contributed by atoms with Crippen LogP contribution in [0.1, 0.15) is 23.2 Å². The predicted octanol–water partition coefficient (Wildman–Crippen LogP) is 4.43. The largest absolute Gasteiger partial charge is 0.294 e. The van der Waals surface area contributed by atoms with Gasteiger partial charge in [-0.1, -0.05) is 54.6 Å². The minimum Gasteiger partial charge on any atom is -0.294 e. The molecule has 1 fully saturated rings. The summed E-state index contributed by atoms with van der Waals surface area (Å²) in [6, 6.07) is 18.2. The van der Waals surface area contributed by atoms with E-state index in [1.54, 1.807) is 0 Å². The molecule has 1 aliphatic rings. The smallest absolute Gasteiger partial charge is 0.162 e. The van der Waals surface area contributed by atoms with Crippen LogP contribution in [0.3, 0.4) is 0 Å². The Bertz CT molecular complexity index is 556. The summed E-state index contributed by atoms with van der Waals surface area (Å²) in [6.45, 7) is 0. The van der Waals surface area contributed by atoms with Gasteiger partial charge in [0.05, 0.1) is 0 Å². The van der Waals surface area contributed by atoms with E-state index in [1.807, 2.05) is 54.2 Å². The van der Waals surface area contributed by atoms with Crippen LogP contribution in [0.4, 0.5) is 0 Å². The summed E-state index contributed by atoms with van der Waals surface area (Å²) in [4.78, 5) is 12.0. The van der Waals surface area contributed by atoms with Crippen LogP contribution in [0.25, 0.3) is 11.1 Å². The molecule has 0 saturated carbocycles. The summed E-state index contributed by atoms with van der Waals surface area (Å²) in [7, 11) is 0. The standard InChI is InChI=1S/C17H16OS/c18-17(11-10-16-12-19-16)15-8-6-14(7-9-15)13-4-2-1-3-5-13/h1-9,16H,10-12H2. The lowest BCUT2D eigenvalue weighted by atomic mass is 10.0. The summed E-state index contributed by atoms with van der Waals surface area (Å²) in [5.41, 5.74) is 3.19. The van der Waals surface area contributed by atoms with Crippen LogP contribution in [-0.4, -0.2) is 16.8 Å². The van der Waals surface area contributed by atoms with Gasteiger partial charge in [-0.3, -0.25) is 4.79 Å². The van der Waals surface area contributed by atoms with Gasteiger partial charge in [-0.25, -0.2) is 0 Å². The summed E-state index contributed by atoms with van der Waals surface area (Å²) >= 11 is 1.95. The van der Waals surface area contributed by atoms with Crippen molar-refractivity contribution in [2.45, 2.75) is 18.1 Å². The quantitative estimate of drug-likeness (QED) is 0.589. The highest BCUT2D eigenvalue weighted by atomic mass is 32.2. The summed E-state index contributed by atoms with van der Waals surface area (Å²) in [6.07, 6.45) is 1.71. The van der Waals surface area contributed by atoms with Crippen molar-refractivity contribution in [2.24, 2.45) is 0 Å². The molecule has 1 unspecified atom stereocenters. The normalized spacial score (nSPS) is 17.2. The number of hydrogen-bond donors (Lipinski definition) is 0. The van der Waals surface area contributed by atoms with Gasteiger partial charge < -0.3 is 0 Å². The fourth-order valence-corrected chi connectivity index (χ4v) is 2.74. The fraction of sp³-hybridized carbons (Fsp3) is 0.235. The maximum Gasteiger partial charge on any atom is 0.162 e. The molecular formula is C17H16OS. The van der Waals surface area contributed by atoms with Crippen LogP contribution in [0.2, 0.25) is 0 Å². The van der Waals surface area contributed by atoms with E-state index in [2.05, 4.69) is 12.1 Å². The van der Waals surface area contributed by atoms with Crippen molar-refractivity contribution in [2.75, 3.05) is 5.75 Å². The molecule has 0 spiro atoms. The molecule has 19 heavy (non-hydrogen) atoms. The SMILES string of the molecule is O=C(CCC1CS1)c1ccc(-c2ccccc2)cc1. The molecule has 2 aromatic carbocycles. The highest BCUT2D eigenvalue weighted by molar-refractivity contribution is 8.06. The molecule has 1 heterocycles. The molecule has 2 aromatic rings. The van der Waals surface area contributed by atoms with E-state index in [-0.39, 0.29) is 5.78 Å². The second kappa shape index (κ2) is 5.62. The van der Waals surface area contributed by atoms with Gasteiger partial charge in [-0.2, -0.15) is 11.8 Å². The van der Waals surface area contributed by atoms with Crippen LogP contribution in [0.5, 0.6) is 0 Å². The summed E-state index contributed by atoms with van der Waals surface area (Å²) < 4.78 is 0. The number of hydrogen-bond acceptors (Lipinski definition) is 2. The molecular weight excluding hydrogens is 252 g/mol. The lowest BCUT2D eigenvalue weighted by Gasteiger charge is -2.04. The third-order valence-corrected chi connectivity index (χ3v) is 4.45.